The molecule has 1 aromatic heterocycles. The Kier molecular flexibility index (Phi) is 6.63. The average Bonchev–Trinajstić information content (AvgIpc) is 3.28. The molecule has 3 heterocycles. The molecule has 0 bridgehead atoms. The van der Waals surface area contributed by atoms with E-state index in [0.717, 1.165) is 24.5 Å². The van der Waals surface area contributed by atoms with Crippen LogP contribution in [0.5, 0.6) is 0 Å². The number of aliphatic imine (C=N–C) groups is 1. The minimum atomic E-state index is -0.867. The van der Waals surface area contributed by atoms with Crippen LogP contribution in [-0.4, -0.2) is 59.9 Å². The molecular weight excluding hydrogens is 464 g/mol. The maximum absolute atomic E-state index is 13.4. The summed E-state index contributed by atoms with van der Waals surface area (Å²) < 4.78 is 0. The molecule has 178 valence electrons. The molecule has 35 heavy (non-hydrogen) atoms. The lowest BCUT2D eigenvalue weighted by atomic mass is 9.90. The third-order valence-electron chi connectivity index (χ3n) is 6.19. The second-order valence-electron chi connectivity index (χ2n) is 8.43. The standard InChI is InChI=1S/C26H25ClN6O2/c27-19-9-11-20(12-10-19)29-24(34)22(18-6-2-1-3-7-18)23-25(35)31-26(30-23)33-16-14-32(15-17-33)21-8-4-5-13-28-21/h1-13,22-23H,14-17H2,(H,29,34)(H,30,31,35)/t22-,23+/m1/s1. The summed E-state index contributed by atoms with van der Waals surface area (Å²) in [5, 5.41) is 6.40. The van der Waals surface area contributed by atoms with Gasteiger partial charge in [0.1, 0.15) is 11.9 Å². The van der Waals surface area contributed by atoms with Crippen molar-refractivity contribution in [3.8, 4) is 0 Å². The van der Waals surface area contributed by atoms with E-state index in [2.05, 4.69) is 25.4 Å². The number of carbonyl (C=O) groups excluding carboxylic acids is 2. The van der Waals surface area contributed by atoms with Crippen molar-refractivity contribution >= 4 is 40.9 Å². The Labute approximate surface area is 208 Å². The zero-order valence-electron chi connectivity index (χ0n) is 19.0. The smallest absolute Gasteiger partial charge is 0.252 e. The maximum Gasteiger partial charge on any atom is 0.252 e. The highest BCUT2D eigenvalue weighted by molar-refractivity contribution is 6.30. The minimum Gasteiger partial charge on any atom is -0.353 e. The van der Waals surface area contributed by atoms with Crippen molar-refractivity contribution in [2.45, 2.75) is 12.0 Å². The Morgan fingerprint density at radius 1 is 0.943 bits per heavy atom. The summed E-state index contributed by atoms with van der Waals surface area (Å²) in [4.78, 5) is 39.8. The van der Waals surface area contributed by atoms with Gasteiger partial charge in [-0.15, -0.1) is 0 Å². The predicted octanol–water partition coefficient (Wildman–Crippen LogP) is 3.13. The Morgan fingerprint density at radius 2 is 1.63 bits per heavy atom. The van der Waals surface area contributed by atoms with Crippen LogP contribution in [0.2, 0.25) is 5.02 Å². The Balaban J connectivity index is 1.34. The van der Waals surface area contributed by atoms with Crippen LogP contribution in [0.1, 0.15) is 11.5 Å². The number of nitrogens with zero attached hydrogens (tertiary/aromatic N) is 4. The fourth-order valence-corrected chi connectivity index (χ4v) is 4.50. The van der Waals surface area contributed by atoms with E-state index < -0.39 is 12.0 Å². The summed E-state index contributed by atoms with van der Waals surface area (Å²) in [6, 6.07) is 21.1. The van der Waals surface area contributed by atoms with Crippen LogP contribution in [0.3, 0.4) is 0 Å². The molecule has 0 spiro atoms. The molecule has 0 radical (unpaired) electrons. The van der Waals surface area contributed by atoms with Crippen LogP contribution < -0.4 is 15.5 Å². The van der Waals surface area contributed by atoms with Gasteiger partial charge in [-0.1, -0.05) is 48.0 Å². The maximum atomic E-state index is 13.4. The Morgan fingerprint density at radius 3 is 2.31 bits per heavy atom. The second kappa shape index (κ2) is 10.1. The summed E-state index contributed by atoms with van der Waals surface area (Å²) in [5.41, 5.74) is 1.33. The normalized spacial score (nSPS) is 18.6. The van der Waals surface area contributed by atoms with Gasteiger partial charge in [-0.3, -0.25) is 14.9 Å². The highest BCUT2D eigenvalue weighted by atomic mass is 35.5. The molecule has 0 unspecified atom stereocenters. The molecule has 3 aromatic rings. The first-order valence-electron chi connectivity index (χ1n) is 11.5. The van der Waals surface area contributed by atoms with Gasteiger partial charge in [0.15, 0.2) is 0 Å². The molecule has 5 rings (SSSR count). The van der Waals surface area contributed by atoms with E-state index in [4.69, 9.17) is 16.6 Å². The molecular formula is C26H25ClN6O2. The van der Waals surface area contributed by atoms with Crippen LogP contribution in [0.25, 0.3) is 0 Å². The molecule has 2 aliphatic heterocycles. The molecule has 0 aliphatic carbocycles. The van der Waals surface area contributed by atoms with Gasteiger partial charge in [-0.25, -0.2) is 9.98 Å². The van der Waals surface area contributed by atoms with Crippen LogP contribution in [0.15, 0.2) is 84.0 Å². The molecule has 9 heteroatoms. The second-order valence-corrected chi connectivity index (χ2v) is 8.87. The number of nitrogens with one attached hydrogen (secondary N) is 2. The first-order chi connectivity index (χ1) is 17.1. The van der Waals surface area contributed by atoms with Crippen molar-refractivity contribution < 1.29 is 9.59 Å². The Hall–Kier alpha value is -3.91. The number of benzene rings is 2. The van der Waals surface area contributed by atoms with E-state index in [9.17, 15) is 9.59 Å². The third kappa shape index (κ3) is 5.12. The number of hydrogen-bond donors (Lipinski definition) is 2. The van der Waals surface area contributed by atoms with Crippen molar-refractivity contribution in [1.82, 2.24) is 15.2 Å². The van der Waals surface area contributed by atoms with Crippen LogP contribution in [0, 0.1) is 0 Å². The molecule has 2 aromatic carbocycles. The number of hydrogen-bond acceptors (Lipinski definition) is 6. The monoisotopic (exact) mass is 488 g/mol. The highest BCUT2D eigenvalue weighted by Crippen LogP contribution is 2.27. The van der Waals surface area contributed by atoms with Gasteiger partial charge in [0.05, 0.1) is 5.92 Å². The number of halogens is 1. The molecule has 1 fully saturated rings. The van der Waals surface area contributed by atoms with Gasteiger partial charge in [-0.2, -0.15) is 0 Å². The number of aromatic nitrogens is 1. The highest BCUT2D eigenvalue weighted by Gasteiger charge is 2.40. The summed E-state index contributed by atoms with van der Waals surface area (Å²) in [6.45, 7) is 2.90. The molecule has 2 aliphatic rings. The predicted molar refractivity (Wildman–Crippen MR) is 137 cm³/mol. The minimum absolute atomic E-state index is 0.285. The van der Waals surface area contributed by atoms with Crippen LogP contribution >= 0.6 is 11.6 Å². The number of pyridine rings is 1. The molecule has 2 amide bonds. The van der Waals surface area contributed by atoms with Gasteiger partial charge >= 0.3 is 0 Å². The quantitative estimate of drug-likeness (QED) is 0.576. The van der Waals surface area contributed by atoms with Gasteiger partial charge in [0.2, 0.25) is 11.9 Å². The number of rotatable bonds is 5. The zero-order valence-corrected chi connectivity index (χ0v) is 19.7. The number of amides is 2. The zero-order chi connectivity index (χ0) is 24.2. The largest absolute Gasteiger partial charge is 0.353 e. The fraction of sp³-hybridized carbons (Fsp3) is 0.231. The van der Waals surface area contributed by atoms with Crippen molar-refractivity contribution in [3.05, 3.63) is 89.6 Å². The van der Waals surface area contributed by atoms with Crippen molar-refractivity contribution in [2.75, 3.05) is 36.4 Å². The van der Waals surface area contributed by atoms with E-state index in [1.165, 1.54) is 0 Å². The number of carbonyl (C=O) groups is 2. The first kappa shape index (κ1) is 22.9. The molecule has 8 nitrogen and oxygen atoms in total. The van der Waals surface area contributed by atoms with Crippen molar-refractivity contribution in [3.63, 3.8) is 0 Å². The lowest BCUT2D eigenvalue weighted by molar-refractivity contribution is -0.125. The molecule has 0 saturated carbocycles. The van der Waals surface area contributed by atoms with Gasteiger partial charge in [0.25, 0.3) is 5.91 Å². The van der Waals surface area contributed by atoms with Gasteiger partial charge in [-0.05, 0) is 42.0 Å². The fourth-order valence-electron chi connectivity index (χ4n) is 4.37. The van der Waals surface area contributed by atoms with E-state index in [1.54, 1.807) is 30.5 Å². The van der Waals surface area contributed by atoms with Crippen LogP contribution in [-0.2, 0) is 9.59 Å². The van der Waals surface area contributed by atoms with Gasteiger partial charge in [0, 0.05) is 43.1 Å². The SMILES string of the molecule is O=C1NC(N2CCN(c3ccccn3)CC2)=N[C@H]1[C@H](C(=O)Nc1ccc(Cl)cc1)c1ccccc1. The molecule has 1 saturated heterocycles. The lowest BCUT2D eigenvalue weighted by Gasteiger charge is -2.36. The Bertz CT molecular complexity index is 1210. The van der Waals surface area contributed by atoms with Crippen molar-refractivity contribution in [1.29, 1.82) is 0 Å². The summed E-state index contributed by atoms with van der Waals surface area (Å²) in [5.74, 6) is 0.0847. The molecule has 2 N–H and O–H groups in total. The summed E-state index contributed by atoms with van der Waals surface area (Å²) in [6.07, 6.45) is 1.78. The number of piperazine rings is 1. The summed E-state index contributed by atoms with van der Waals surface area (Å²) in [7, 11) is 0. The third-order valence-corrected chi connectivity index (χ3v) is 6.44. The molecule has 2 atom stereocenters. The van der Waals surface area contributed by atoms with E-state index in [1.807, 2.05) is 48.5 Å². The average molecular weight is 489 g/mol. The van der Waals surface area contributed by atoms with E-state index in [-0.39, 0.29) is 11.8 Å². The van der Waals surface area contributed by atoms with E-state index in [0.29, 0.717) is 29.8 Å². The first-order valence-corrected chi connectivity index (χ1v) is 11.9. The number of anilines is 2. The number of guanidine groups is 1. The summed E-state index contributed by atoms with van der Waals surface area (Å²) >= 11 is 5.97. The topological polar surface area (TPSA) is 89.9 Å². The van der Waals surface area contributed by atoms with Crippen molar-refractivity contribution in [2.24, 2.45) is 4.99 Å². The van der Waals surface area contributed by atoms with E-state index >= 15 is 0 Å². The van der Waals surface area contributed by atoms with Gasteiger partial charge < -0.3 is 15.1 Å². The van der Waals surface area contributed by atoms with Crippen LogP contribution in [0.4, 0.5) is 11.5 Å². The lowest BCUT2D eigenvalue weighted by Crippen LogP contribution is -2.52.